The Kier molecular flexibility index (Phi) is 4.66. The van der Waals surface area contributed by atoms with E-state index < -0.39 is 0 Å². The van der Waals surface area contributed by atoms with E-state index in [2.05, 4.69) is 43.3 Å². The highest BCUT2D eigenvalue weighted by Gasteiger charge is 2.39. The Morgan fingerprint density at radius 3 is 2.87 bits per heavy atom. The van der Waals surface area contributed by atoms with Gasteiger partial charge in [0.05, 0.1) is 42.8 Å². The predicted octanol–water partition coefficient (Wildman–Crippen LogP) is 2.67. The molecule has 3 aromatic rings. The minimum Gasteiger partial charge on any atom is -0.496 e. The molecular weight excluding hydrogens is 416 g/mol. The molecule has 3 fully saturated rings. The van der Waals surface area contributed by atoms with Gasteiger partial charge in [0.25, 0.3) is 0 Å². The highest BCUT2D eigenvalue weighted by molar-refractivity contribution is 6.34. The van der Waals surface area contributed by atoms with E-state index in [1.807, 2.05) is 0 Å². The van der Waals surface area contributed by atoms with Gasteiger partial charge in [-0.1, -0.05) is 11.6 Å². The number of rotatable bonds is 4. The van der Waals surface area contributed by atoms with Crippen LogP contribution in [0, 0.1) is 0 Å². The van der Waals surface area contributed by atoms with Crippen LogP contribution in [0.15, 0.2) is 24.4 Å². The van der Waals surface area contributed by atoms with E-state index in [4.69, 9.17) is 26.1 Å². The Balaban J connectivity index is 1.40. The van der Waals surface area contributed by atoms with Crippen LogP contribution in [0.25, 0.3) is 22.6 Å². The zero-order chi connectivity index (χ0) is 20.9. The number of halogens is 1. The molecule has 31 heavy (non-hydrogen) atoms. The Labute approximate surface area is 185 Å². The van der Waals surface area contributed by atoms with E-state index >= 15 is 0 Å². The molecule has 0 spiro atoms. The molecule has 3 aliphatic heterocycles. The average molecular weight is 441 g/mol. The first-order valence-electron chi connectivity index (χ1n) is 10.8. The van der Waals surface area contributed by atoms with Crippen molar-refractivity contribution in [2.75, 3.05) is 56.3 Å². The van der Waals surface area contributed by atoms with E-state index in [0.29, 0.717) is 17.1 Å². The van der Waals surface area contributed by atoms with Crippen molar-refractivity contribution in [2.24, 2.45) is 0 Å². The average Bonchev–Trinajstić information content (AvgIpc) is 3.55. The molecule has 2 atom stereocenters. The van der Waals surface area contributed by atoms with Gasteiger partial charge in [0, 0.05) is 50.0 Å². The van der Waals surface area contributed by atoms with Gasteiger partial charge in [0.15, 0.2) is 5.65 Å². The van der Waals surface area contributed by atoms with Gasteiger partial charge in [-0.15, -0.1) is 0 Å². The van der Waals surface area contributed by atoms with Crippen molar-refractivity contribution < 1.29 is 9.47 Å². The number of benzene rings is 1. The topological polar surface area (TPSA) is 78.5 Å². The summed E-state index contributed by atoms with van der Waals surface area (Å²) in [7, 11) is 1.69. The van der Waals surface area contributed by atoms with Crippen molar-refractivity contribution in [3.63, 3.8) is 0 Å². The number of nitrogens with zero attached hydrogens (tertiary/aromatic N) is 4. The molecule has 5 heterocycles. The molecule has 2 aromatic heterocycles. The zero-order valence-electron chi connectivity index (χ0n) is 17.4. The van der Waals surface area contributed by atoms with E-state index in [1.54, 1.807) is 13.3 Å². The van der Waals surface area contributed by atoms with Crippen molar-refractivity contribution in [3.05, 3.63) is 29.4 Å². The minimum absolute atomic E-state index is 0.454. The number of methoxy groups -OCH3 is 1. The molecule has 9 heteroatoms. The van der Waals surface area contributed by atoms with Crippen molar-refractivity contribution in [3.8, 4) is 17.1 Å². The first kappa shape index (κ1) is 19.2. The summed E-state index contributed by atoms with van der Waals surface area (Å²) in [4.78, 5) is 17.5. The molecule has 0 radical (unpaired) electrons. The maximum Gasteiger partial charge on any atom is 0.159 e. The number of hydrogen-bond acceptors (Lipinski definition) is 7. The normalized spacial score (nSPS) is 23.2. The van der Waals surface area contributed by atoms with Gasteiger partial charge in [-0.05, 0) is 18.6 Å². The quantitative estimate of drug-likeness (QED) is 0.645. The number of fused-ring (bicyclic) bond motifs is 3. The largest absolute Gasteiger partial charge is 0.496 e. The van der Waals surface area contributed by atoms with Crippen LogP contribution in [0.5, 0.6) is 5.75 Å². The van der Waals surface area contributed by atoms with Gasteiger partial charge in [-0.25, -0.2) is 9.97 Å². The van der Waals surface area contributed by atoms with Gasteiger partial charge in [-0.3, -0.25) is 0 Å². The third-order valence-electron chi connectivity index (χ3n) is 6.60. The summed E-state index contributed by atoms with van der Waals surface area (Å²) in [5.74, 6) is 1.51. The molecule has 6 rings (SSSR count). The monoisotopic (exact) mass is 440 g/mol. The van der Waals surface area contributed by atoms with Crippen LogP contribution in [-0.2, 0) is 4.74 Å². The van der Waals surface area contributed by atoms with Crippen LogP contribution in [0.4, 0.5) is 11.4 Å². The lowest BCUT2D eigenvalue weighted by Crippen LogP contribution is -2.43. The molecule has 3 saturated heterocycles. The van der Waals surface area contributed by atoms with Crippen LogP contribution in [0.3, 0.4) is 0 Å². The van der Waals surface area contributed by atoms with E-state index in [-0.39, 0.29) is 0 Å². The predicted molar refractivity (Wildman–Crippen MR) is 121 cm³/mol. The second-order valence-electron chi connectivity index (χ2n) is 8.37. The van der Waals surface area contributed by atoms with Crippen molar-refractivity contribution in [1.82, 2.24) is 20.3 Å². The Morgan fingerprint density at radius 1 is 1.26 bits per heavy atom. The van der Waals surface area contributed by atoms with Crippen LogP contribution in [-0.4, -0.2) is 73.5 Å². The number of aromatic nitrogens is 3. The minimum atomic E-state index is 0.454. The smallest absolute Gasteiger partial charge is 0.159 e. The van der Waals surface area contributed by atoms with Gasteiger partial charge in [-0.2, -0.15) is 0 Å². The number of piperazine rings is 1. The number of aromatic amines is 1. The first-order valence-corrected chi connectivity index (χ1v) is 11.1. The second-order valence-corrected chi connectivity index (χ2v) is 8.78. The molecule has 0 saturated carbocycles. The molecule has 162 valence electrons. The Bertz CT molecular complexity index is 1130. The Hall–Kier alpha value is -2.55. The van der Waals surface area contributed by atoms with Crippen LogP contribution in [0.2, 0.25) is 5.02 Å². The van der Waals surface area contributed by atoms with Crippen molar-refractivity contribution >= 4 is 34.1 Å². The summed E-state index contributed by atoms with van der Waals surface area (Å²) in [5, 5.41) is 4.19. The summed E-state index contributed by atoms with van der Waals surface area (Å²) in [6, 6.07) is 7.22. The number of morpholine rings is 1. The second kappa shape index (κ2) is 7.55. The first-order chi connectivity index (χ1) is 15.2. The van der Waals surface area contributed by atoms with Gasteiger partial charge < -0.3 is 29.6 Å². The van der Waals surface area contributed by atoms with Gasteiger partial charge >= 0.3 is 0 Å². The van der Waals surface area contributed by atoms with E-state index in [9.17, 15) is 0 Å². The number of ether oxygens (including phenoxy) is 2. The fourth-order valence-electron chi connectivity index (χ4n) is 5.05. The molecule has 8 nitrogen and oxygen atoms in total. The molecule has 1 aromatic carbocycles. The molecule has 2 bridgehead atoms. The number of H-pyrrole nitrogens is 1. The highest BCUT2D eigenvalue weighted by atomic mass is 35.5. The van der Waals surface area contributed by atoms with Crippen LogP contribution in [0.1, 0.15) is 6.42 Å². The molecule has 0 amide bonds. The molecular formula is C22H25ClN6O2. The van der Waals surface area contributed by atoms with Crippen molar-refractivity contribution in [1.29, 1.82) is 0 Å². The highest BCUT2D eigenvalue weighted by Crippen LogP contribution is 2.40. The van der Waals surface area contributed by atoms with Gasteiger partial charge in [0.1, 0.15) is 17.1 Å². The summed E-state index contributed by atoms with van der Waals surface area (Å²) >= 11 is 6.62. The molecule has 2 N–H and O–H groups in total. The number of hydrogen-bond donors (Lipinski definition) is 2. The third-order valence-corrected chi connectivity index (χ3v) is 6.88. The summed E-state index contributed by atoms with van der Waals surface area (Å²) in [6.45, 7) is 5.19. The molecule has 3 aliphatic rings. The Morgan fingerprint density at radius 2 is 2.13 bits per heavy atom. The lowest BCUT2D eigenvalue weighted by Gasteiger charge is -2.30. The number of nitrogens with one attached hydrogen (secondary N) is 2. The van der Waals surface area contributed by atoms with E-state index in [0.717, 1.165) is 85.5 Å². The van der Waals surface area contributed by atoms with Crippen LogP contribution >= 0.6 is 11.6 Å². The SMILES string of the molecule is COc1cc(N2CCOCC2)ccc1-c1nc2c(N3CC4CC3CN4)c(Cl)cnc2[nH]1. The van der Waals surface area contributed by atoms with E-state index in [1.165, 1.54) is 0 Å². The number of imidazole rings is 1. The summed E-state index contributed by atoms with van der Waals surface area (Å²) < 4.78 is 11.2. The summed E-state index contributed by atoms with van der Waals surface area (Å²) in [5.41, 5.74) is 4.57. The maximum absolute atomic E-state index is 6.62. The van der Waals surface area contributed by atoms with Crippen LogP contribution < -0.4 is 19.9 Å². The van der Waals surface area contributed by atoms with Crippen molar-refractivity contribution in [2.45, 2.75) is 18.5 Å². The number of anilines is 2. The fraction of sp³-hybridized carbons (Fsp3) is 0.455. The maximum atomic E-state index is 6.62. The summed E-state index contributed by atoms with van der Waals surface area (Å²) in [6.07, 6.45) is 2.87. The van der Waals surface area contributed by atoms with Gasteiger partial charge in [0.2, 0.25) is 0 Å². The lowest BCUT2D eigenvalue weighted by atomic mass is 10.1. The standard InChI is InChI=1S/C22H25ClN6O2/c1-30-18-9-14(28-4-6-31-7-5-28)2-3-16(18)21-26-19-20(17(23)11-25-22(19)27-21)29-12-13-8-15(29)10-24-13/h2-3,9,11,13,15,24H,4-8,10,12H2,1H3,(H,25,26,27). The molecule has 0 aliphatic carbocycles. The fourth-order valence-corrected chi connectivity index (χ4v) is 5.29. The number of pyridine rings is 1. The molecule has 2 unspecified atom stereocenters. The lowest BCUT2D eigenvalue weighted by molar-refractivity contribution is 0.122. The third kappa shape index (κ3) is 3.21. The zero-order valence-corrected chi connectivity index (χ0v) is 18.2.